The van der Waals surface area contributed by atoms with Crippen molar-refractivity contribution in [3.8, 4) is 0 Å². The zero-order valence-electron chi connectivity index (χ0n) is 15.1. The summed E-state index contributed by atoms with van der Waals surface area (Å²) in [5.74, 6) is 0.688. The van der Waals surface area contributed by atoms with Gasteiger partial charge in [-0.1, -0.05) is 20.3 Å². The number of nitrogens with zero attached hydrogens (tertiary/aromatic N) is 2. The average Bonchev–Trinajstić information content (AvgIpc) is 3.21. The molecule has 2 aliphatic rings. The summed E-state index contributed by atoms with van der Waals surface area (Å²) < 4.78 is 10.3. The maximum Gasteiger partial charge on any atom is 0.308 e. The van der Waals surface area contributed by atoms with Gasteiger partial charge in [-0.15, -0.1) is 0 Å². The lowest BCUT2D eigenvalue weighted by Crippen LogP contribution is -2.33. The first-order valence-electron chi connectivity index (χ1n) is 9.03. The van der Waals surface area contributed by atoms with E-state index in [0.717, 1.165) is 45.3 Å². The molecule has 2 rings (SSSR count). The Balaban J connectivity index is 2.09. The molecule has 1 saturated heterocycles. The molecular formula is C18H32N2O3. The third-order valence-electron chi connectivity index (χ3n) is 5.57. The van der Waals surface area contributed by atoms with Gasteiger partial charge in [0.2, 0.25) is 0 Å². The predicted octanol–water partition coefficient (Wildman–Crippen LogP) is 3.09. The lowest BCUT2D eigenvalue weighted by molar-refractivity contribution is -0.147. The normalized spacial score (nSPS) is 29.8. The molecule has 1 aliphatic carbocycles. The maximum absolute atomic E-state index is 12.0. The quantitative estimate of drug-likeness (QED) is 0.533. The fourth-order valence-corrected chi connectivity index (χ4v) is 4.24. The van der Waals surface area contributed by atoms with Crippen LogP contribution in [0.1, 0.15) is 52.4 Å². The molecule has 0 aromatic heterocycles. The summed E-state index contributed by atoms with van der Waals surface area (Å²) in [5.41, 5.74) is 1.22. The van der Waals surface area contributed by atoms with Gasteiger partial charge in [0.05, 0.1) is 25.7 Å². The summed E-state index contributed by atoms with van der Waals surface area (Å²) in [6, 6.07) is 0.397. The Morgan fingerprint density at radius 2 is 2.04 bits per heavy atom. The first-order valence-corrected chi connectivity index (χ1v) is 9.03. The molecule has 2 fully saturated rings. The Labute approximate surface area is 140 Å². The van der Waals surface area contributed by atoms with E-state index >= 15 is 0 Å². The molecule has 0 spiro atoms. The van der Waals surface area contributed by atoms with Gasteiger partial charge in [-0.25, -0.2) is 0 Å². The lowest BCUT2D eigenvalue weighted by atomic mass is 9.81. The van der Waals surface area contributed by atoms with Gasteiger partial charge in [0.15, 0.2) is 0 Å². The number of ether oxygens (including phenoxy) is 2. The van der Waals surface area contributed by atoms with Gasteiger partial charge < -0.3 is 9.47 Å². The van der Waals surface area contributed by atoms with Crippen molar-refractivity contribution in [2.24, 2.45) is 22.9 Å². The van der Waals surface area contributed by atoms with Crippen molar-refractivity contribution in [2.45, 2.75) is 58.4 Å². The molecule has 4 atom stereocenters. The Kier molecular flexibility index (Phi) is 6.88. The monoisotopic (exact) mass is 324 g/mol. The van der Waals surface area contributed by atoms with E-state index < -0.39 is 0 Å². The highest BCUT2D eigenvalue weighted by Crippen LogP contribution is 2.39. The van der Waals surface area contributed by atoms with Crippen LogP contribution in [0.15, 0.2) is 5.10 Å². The average molecular weight is 324 g/mol. The maximum atomic E-state index is 12.0. The Morgan fingerprint density at radius 1 is 1.26 bits per heavy atom. The van der Waals surface area contributed by atoms with Gasteiger partial charge in [-0.2, -0.15) is 5.10 Å². The summed E-state index contributed by atoms with van der Waals surface area (Å²) in [6.45, 7) is 6.15. The number of carbonyl (C=O) groups is 1. The van der Waals surface area contributed by atoms with E-state index in [-0.39, 0.29) is 11.9 Å². The minimum Gasteiger partial charge on any atom is -0.469 e. The van der Waals surface area contributed by atoms with Crippen LogP contribution in [0.5, 0.6) is 0 Å². The van der Waals surface area contributed by atoms with Gasteiger partial charge in [-0.3, -0.25) is 9.80 Å². The van der Waals surface area contributed by atoms with E-state index in [0.29, 0.717) is 17.9 Å². The number of hydrogen-bond acceptors (Lipinski definition) is 5. The van der Waals surface area contributed by atoms with Crippen molar-refractivity contribution in [3.63, 3.8) is 0 Å². The topological polar surface area (TPSA) is 51.1 Å². The lowest BCUT2D eigenvalue weighted by Gasteiger charge is -2.28. The van der Waals surface area contributed by atoms with Crippen molar-refractivity contribution in [1.29, 1.82) is 0 Å². The van der Waals surface area contributed by atoms with Crippen LogP contribution in [-0.2, 0) is 14.3 Å². The van der Waals surface area contributed by atoms with Crippen molar-refractivity contribution in [2.75, 3.05) is 27.4 Å². The molecule has 0 amide bonds. The minimum atomic E-state index is -0.0479. The highest BCUT2D eigenvalue weighted by atomic mass is 16.5. The van der Waals surface area contributed by atoms with Crippen LogP contribution >= 0.6 is 0 Å². The zero-order valence-corrected chi connectivity index (χ0v) is 15.1. The second-order valence-electron chi connectivity index (χ2n) is 6.87. The van der Waals surface area contributed by atoms with Gasteiger partial charge in [-0.05, 0) is 43.9 Å². The van der Waals surface area contributed by atoms with E-state index in [1.807, 2.05) is 0 Å². The van der Waals surface area contributed by atoms with Crippen molar-refractivity contribution in [1.82, 2.24) is 5.01 Å². The molecule has 1 heterocycles. The fourth-order valence-electron chi connectivity index (χ4n) is 4.24. The van der Waals surface area contributed by atoms with Gasteiger partial charge >= 0.3 is 5.97 Å². The van der Waals surface area contributed by atoms with Crippen LogP contribution in [0, 0.1) is 17.8 Å². The minimum absolute atomic E-state index is 0.0418. The summed E-state index contributed by atoms with van der Waals surface area (Å²) in [7, 11) is 3.25. The molecule has 5 nitrogen and oxygen atoms in total. The van der Waals surface area contributed by atoms with E-state index in [2.05, 4.69) is 18.9 Å². The van der Waals surface area contributed by atoms with Crippen molar-refractivity contribution in [3.05, 3.63) is 0 Å². The number of methoxy groups -OCH3 is 2. The van der Waals surface area contributed by atoms with Crippen LogP contribution in [0.2, 0.25) is 0 Å². The van der Waals surface area contributed by atoms with Crippen LogP contribution in [0.4, 0.5) is 0 Å². The van der Waals surface area contributed by atoms with E-state index in [1.165, 1.54) is 19.2 Å². The van der Waals surface area contributed by atoms with Gasteiger partial charge in [0.1, 0.15) is 0 Å². The third-order valence-corrected chi connectivity index (χ3v) is 5.57. The first-order chi connectivity index (χ1) is 11.1. The van der Waals surface area contributed by atoms with Crippen LogP contribution in [-0.4, -0.2) is 50.1 Å². The highest BCUT2D eigenvalue weighted by Gasteiger charge is 2.38. The SMILES string of the molecule is CC/C(=N/N1CCC[C@H]1COC)[C@@H](C)[C@H]1CCC[C@@H]1C(=O)OC. The molecule has 0 radical (unpaired) electrons. The predicted molar refractivity (Wildman–Crippen MR) is 91.3 cm³/mol. The molecule has 0 aromatic carbocycles. The molecule has 0 unspecified atom stereocenters. The summed E-state index contributed by atoms with van der Waals surface area (Å²) in [4.78, 5) is 12.0. The number of hydrogen-bond donors (Lipinski definition) is 0. The summed E-state index contributed by atoms with van der Waals surface area (Å²) in [6.07, 6.45) is 6.42. The van der Waals surface area contributed by atoms with E-state index in [9.17, 15) is 4.79 Å². The second kappa shape index (κ2) is 8.67. The molecule has 0 N–H and O–H groups in total. The molecular weight excluding hydrogens is 292 g/mol. The molecule has 0 bridgehead atoms. The largest absolute Gasteiger partial charge is 0.469 e. The summed E-state index contributed by atoms with van der Waals surface area (Å²) >= 11 is 0. The van der Waals surface area contributed by atoms with Crippen molar-refractivity contribution >= 4 is 11.7 Å². The summed E-state index contributed by atoms with van der Waals surface area (Å²) in [5, 5.41) is 7.19. The molecule has 1 saturated carbocycles. The standard InChI is InChI=1S/C18H32N2O3/c1-5-17(19-20-11-7-8-14(20)12-22-3)13(2)15-9-6-10-16(15)18(21)23-4/h13-16H,5-12H2,1-4H3/b19-17-/t13-,14-,15+,16-/m0/s1. The number of hydrazone groups is 1. The van der Waals surface area contributed by atoms with Gasteiger partial charge in [0.25, 0.3) is 0 Å². The first kappa shape index (κ1) is 18.2. The van der Waals surface area contributed by atoms with Crippen molar-refractivity contribution < 1.29 is 14.3 Å². The number of esters is 1. The number of rotatable bonds is 7. The van der Waals surface area contributed by atoms with E-state index in [4.69, 9.17) is 14.6 Å². The second-order valence-corrected chi connectivity index (χ2v) is 6.87. The number of carbonyl (C=O) groups excluding carboxylic acids is 1. The third kappa shape index (κ3) is 4.25. The van der Waals surface area contributed by atoms with Gasteiger partial charge in [0, 0.05) is 19.4 Å². The van der Waals surface area contributed by atoms with Crippen LogP contribution < -0.4 is 0 Å². The Bertz CT molecular complexity index is 424. The smallest absolute Gasteiger partial charge is 0.308 e. The highest BCUT2D eigenvalue weighted by molar-refractivity contribution is 5.87. The molecule has 0 aromatic rings. The molecule has 132 valence electrons. The molecule has 23 heavy (non-hydrogen) atoms. The Hall–Kier alpha value is -1.10. The fraction of sp³-hybridized carbons (Fsp3) is 0.889. The molecule has 5 heteroatoms. The van der Waals surface area contributed by atoms with Crippen LogP contribution in [0.3, 0.4) is 0 Å². The Morgan fingerprint density at radius 3 is 2.70 bits per heavy atom. The van der Waals surface area contributed by atoms with Crippen LogP contribution in [0.25, 0.3) is 0 Å². The molecule has 1 aliphatic heterocycles. The zero-order chi connectivity index (χ0) is 16.8. The van der Waals surface area contributed by atoms with E-state index in [1.54, 1.807) is 7.11 Å².